The van der Waals surface area contributed by atoms with E-state index in [1.807, 2.05) is 12.1 Å². The Bertz CT molecular complexity index is 1690. The largest absolute Gasteiger partial charge is 0.378 e. The summed E-state index contributed by atoms with van der Waals surface area (Å²) < 4.78 is 51.5. The molecule has 2 N–H and O–H groups in total. The lowest BCUT2D eigenvalue weighted by Gasteiger charge is -2.27. The van der Waals surface area contributed by atoms with Crippen molar-refractivity contribution in [2.45, 2.75) is 31.1 Å². The van der Waals surface area contributed by atoms with Gasteiger partial charge in [0, 0.05) is 36.5 Å². The Labute approximate surface area is 274 Å². The van der Waals surface area contributed by atoms with Crippen LogP contribution < -0.4 is 14.9 Å². The van der Waals surface area contributed by atoms with Crippen LogP contribution in [0.5, 0.6) is 0 Å². The lowest BCUT2D eigenvalue weighted by molar-refractivity contribution is 0.122. The van der Waals surface area contributed by atoms with Gasteiger partial charge in [0.25, 0.3) is 0 Å². The molecular weight excluding hydrogens is 632 g/mol. The van der Waals surface area contributed by atoms with E-state index < -0.39 is 17.5 Å². The zero-order chi connectivity index (χ0) is 32.5. The van der Waals surface area contributed by atoms with Gasteiger partial charge in [0.2, 0.25) is 0 Å². The van der Waals surface area contributed by atoms with Crippen LogP contribution in [0.15, 0.2) is 75.7 Å². The van der Waals surface area contributed by atoms with Crippen molar-refractivity contribution in [3.05, 3.63) is 88.1 Å². The van der Waals surface area contributed by atoms with Gasteiger partial charge in [-0.25, -0.2) is 23.1 Å². The van der Waals surface area contributed by atoms with E-state index in [1.54, 1.807) is 24.6 Å². The maximum Gasteiger partial charge on any atom is 0.141 e. The topological polar surface area (TPSA) is 87.0 Å². The Kier molecular flexibility index (Phi) is 11.4. The Balaban J connectivity index is 1.33. The van der Waals surface area contributed by atoms with Crippen LogP contribution >= 0.6 is 23.3 Å². The van der Waals surface area contributed by atoms with Crippen molar-refractivity contribution in [2.75, 3.05) is 47.9 Å². The molecule has 2 aromatic carbocycles. The van der Waals surface area contributed by atoms with E-state index in [2.05, 4.69) is 50.5 Å². The number of halogens is 3. The van der Waals surface area contributed by atoms with Crippen molar-refractivity contribution in [2.24, 2.45) is 9.98 Å². The summed E-state index contributed by atoms with van der Waals surface area (Å²) in [5, 5.41) is 4.10. The van der Waals surface area contributed by atoms with Gasteiger partial charge >= 0.3 is 0 Å². The Hall–Kier alpha value is -4.20. The maximum absolute atomic E-state index is 14.9. The van der Waals surface area contributed by atoms with Gasteiger partial charge in [0.15, 0.2) is 0 Å². The summed E-state index contributed by atoms with van der Waals surface area (Å²) >= 11 is 2.19. The van der Waals surface area contributed by atoms with Gasteiger partial charge in [-0.1, -0.05) is 19.9 Å². The second-order valence-corrected chi connectivity index (χ2v) is 12.3. The molecule has 1 atom stereocenters. The number of aliphatic imine (C=N–C) groups is 2. The number of hydrogen-bond donors (Lipinski definition) is 2. The highest BCUT2D eigenvalue weighted by molar-refractivity contribution is 8.00. The molecule has 5 rings (SSSR count). The average Bonchev–Trinajstić information content (AvgIpc) is 3.52. The zero-order valence-corrected chi connectivity index (χ0v) is 27.1. The quantitative estimate of drug-likeness (QED) is 0.110. The van der Waals surface area contributed by atoms with Crippen LogP contribution in [0, 0.1) is 17.5 Å². The number of anilines is 3. The summed E-state index contributed by atoms with van der Waals surface area (Å²) in [4.78, 5) is 20.8. The minimum atomic E-state index is -0.712. The molecule has 240 valence electrons. The molecule has 2 aromatic heterocycles. The van der Waals surface area contributed by atoms with Gasteiger partial charge in [-0.2, -0.15) is 0 Å². The molecule has 1 unspecified atom stereocenters. The normalized spacial score (nSPS) is 14.5. The summed E-state index contributed by atoms with van der Waals surface area (Å²) in [5.74, 6) is -0.878. The number of pyridine rings is 1. The van der Waals surface area contributed by atoms with E-state index in [-0.39, 0.29) is 10.8 Å². The Morgan fingerprint density at radius 3 is 2.61 bits per heavy atom. The minimum absolute atomic E-state index is 0.162. The Morgan fingerprint density at radius 1 is 1.13 bits per heavy atom. The highest BCUT2D eigenvalue weighted by atomic mass is 32.2. The fourth-order valence-corrected chi connectivity index (χ4v) is 6.43. The monoisotopic (exact) mass is 665 g/mol. The van der Waals surface area contributed by atoms with Gasteiger partial charge in [0.1, 0.15) is 29.9 Å². The van der Waals surface area contributed by atoms with Crippen LogP contribution in [0.4, 0.5) is 30.4 Å². The molecule has 13 heteroatoms. The predicted octanol–water partition coefficient (Wildman–Crippen LogP) is 8.27. The Morgan fingerprint density at radius 2 is 1.91 bits per heavy atom. The van der Waals surface area contributed by atoms with E-state index in [0.717, 1.165) is 48.0 Å². The summed E-state index contributed by atoms with van der Waals surface area (Å²) in [7, 11) is 0. The molecule has 0 spiro atoms. The summed E-state index contributed by atoms with van der Waals surface area (Å²) in [6.45, 7) is 11.3. The van der Waals surface area contributed by atoms with Crippen molar-refractivity contribution in [1.29, 1.82) is 0 Å². The van der Waals surface area contributed by atoms with Crippen molar-refractivity contribution in [3.63, 3.8) is 0 Å². The molecule has 0 radical (unpaired) electrons. The number of nitrogens with one attached hydrogen (secondary N) is 2. The highest BCUT2D eigenvalue weighted by Gasteiger charge is 2.20. The number of rotatable bonds is 13. The second kappa shape index (κ2) is 15.9. The van der Waals surface area contributed by atoms with E-state index in [4.69, 9.17) is 9.72 Å². The first-order valence-electron chi connectivity index (χ1n) is 14.7. The second-order valence-electron chi connectivity index (χ2n) is 10.4. The predicted molar refractivity (Wildman–Crippen MR) is 184 cm³/mol. The minimum Gasteiger partial charge on any atom is -0.378 e. The molecule has 0 aliphatic carbocycles. The van der Waals surface area contributed by atoms with Crippen molar-refractivity contribution in [1.82, 2.24) is 9.97 Å². The maximum atomic E-state index is 14.9. The fourth-order valence-electron chi connectivity index (χ4n) is 4.55. The molecular formula is C33H34F3N7OS2. The smallest absolute Gasteiger partial charge is 0.141 e. The van der Waals surface area contributed by atoms with E-state index >= 15 is 0 Å². The molecule has 46 heavy (non-hydrogen) atoms. The lowest BCUT2D eigenvalue weighted by atomic mass is 10.1. The molecule has 0 saturated carbocycles. The number of morpholine rings is 1. The third kappa shape index (κ3) is 8.33. The van der Waals surface area contributed by atoms with Crippen LogP contribution in [0.3, 0.4) is 0 Å². The molecule has 8 nitrogen and oxygen atoms in total. The number of allylic oxidation sites excluding steroid dienone is 1. The van der Waals surface area contributed by atoms with Crippen molar-refractivity contribution < 1.29 is 17.9 Å². The molecule has 1 fully saturated rings. The molecule has 0 bridgehead atoms. The number of ether oxygens (including phenoxy) is 1. The van der Waals surface area contributed by atoms with Crippen LogP contribution in [0.1, 0.15) is 36.1 Å². The van der Waals surface area contributed by atoms with E-state index in [1.165, 1.54) is 41.7 Å². The molecule has 0 amide bonds. The van der Waals surface area contributed by atoms with Crippen LogP contribution in [-0.2, 0) is 4.74 Å². The average molecular weight is 666 g/mol. The van der Waals surface area contributed by atoms with Crippen molar-refractivity contribution >= 4 is 59.1 Å². The highest BCUT2D eigenvalue weighted by Crippen LogP contribution is 2.39. The number of hydrogen-bond acceptors (Lipinski definition) is 10. The third-order valence-corrected chi connectivity index (χ3v) is 9.48. The third-order valence-electron chi connectivity index (χ3n) is 7.24. The first kappa shape index (κ1) is 33.2. The van der Waals surface area contributed by atoms with Crippen molar-refractivity contribution in [3.8, 4) is 11.3 Å². The van der Waals surface area contributed by atoms with Crippen LogP contribution in [-0.4, -0.2) is 55.9 Å². The van der Waals surface area contributed by atoms with E-state index in [0.29, 0.717) is 47.4 Å². The fraction of sp³-hybridized carbons (Fsp3) is 0.273. The van der Waals surface area contributed by atoms with Gasteiger partial charge in [-0.3, -0.25) is 9.98 Å². The van der Waals surface area contributed by atoms with E-state index in [9.17, 15) is 13.2 Å². The van der Waals surface area contributed by atoms with Gasteiger partial charge in [-0.15, -0.1) is 11.3 Å². The molecule has 1 aliphatic heterocycles. The number of nitrogens with zero attached hydrogens (tertiary/aromatic N) is 5. The molecule has 4 aromatic rings. The molecule has 3 heterocycles. The summed E-state index contributed by atoms with van der Waals surface area (Å²) in [6.07, 6.45) is 6.02. The van der Waals surface area contributed by atoms with Crippen LogP contribution in [0.2, 0.25) is 0 Å². The first-order chi connectivity index (χ1) is 22.4. The van der Waals surface area contributed by atoms with Gasteiger partial charge < -0.3 is 19.7 Å². The zero-order valence-electron chi connectivity index (χ0n) is 25.5. The van der Waals surface area contributed by atoms with Gasteiger partial charge in [0.05, 0.1) is 51.3 Å². The van der Waals surface area contributed by atoms with Gasteiger partial charge in [-0.05, 0) is 73.6 Å². The number of aromatic nitrogens is 2. The first-order valence-corrected chi connectivity index (χ1v) is 16.4. The SMILES string of the molecule is C=N/C(=C\C=N/CNc1ccc(N2CCOCC2)nc1)c1sc(C(C)CC)nc1-c1cc(F)cc(NSc2c(F)cccc2F)c1. The standard InChI is InChI=1S/C33H34F3N7OS2/c1-4-21(2)33-41-30(22-16-23(34)18-25(17-22)42-46-31-26(35)6-5-7-27(31)36)32(45-33)28(37-3)10-11-38-20-40-24-8-9-29(39-19-24)43-12-14-44-15-13-43/h5-11,16-19,21,40,42H,3-4,12-15,20H2,1-2H3/b28-10-,38-11-. The number of thiazole rings is 1. The molecule has 1 saturated heterocycles. The summed E-state index contributed by atoms with van der Waals surface area (Å²) in [5.41, 5.74) is 2.71. The van der Waals surface area contributed by atoms with Crippen LogP contribution in [0.25, 0.3) is 17.0 Å². The lowest BCUT2D eigenvalue weighted by Crippen LogP contribution is -2.36. The molecule has 1 aliphatic rings. The number of benzene rings is 2. The summed E-state index contributed by atoms with van der Waals surface area (Å²) in [6, 6.07) is 11.9.